The number of nitrogens with one attached hydrogen (secondary N) is 1. The molecule has 1 unspecified atom stereocenters. The minimum atomic E-state index is 0. The number of hydrogen-bond donors (Lipinski definition) is 1. The van der Waals surface area contributed by atoms with Crippen molar-refractivity contribution in [3.05, 3.63) is 0 Å². The second-order valence-electron chi connectivity index (χ2n) is 6.86. The Morgan fingerprint density at radius 3 is 1.96 bits per heavy atom. The Hall–Kier alpha value is -0.560. The number of halogens is 2. The van der Waals surface area contributed by atoms with Gasteiger partial charge in [0.15, 0.2) is 0 Å². The molecule has 8 heteroatoms. The summed E-state index contributed by atoms with van der Waals surface area (Å²) in [5.74, 6) is 0.498. The normalized spacial score (nSPS) is 20.1. The van der Waals surface area contributed by atoms with Crippen LogP contribution in [0.25, 0.3) is 0 Å². The molecule has 2 aliphatic heterocycles. The SMILES string of the molecule is CNCC(C)C(=O)N1CCN(CC(=O)N2CCCCCC2)CC1.Cl.Cl. The highest BCUT2D eigenvalue weighted by Crippen LogP contribution is 2.11. The number of rotatable bonds is 5. The van der Waals surface area contributed by atoms with E-state index in [2.05, 4.69) is 10.2 Å². The zero-order valence-corrected chi connectivity index (χ0v) is 17.2. The predicted octanol–water partition coefficient (Wildman–Crippen LogP) is 1.23. The average molecular weight is 397 g/mol. The van der Waals surface area contributed by atoms with Crippen molar-refractivity contribution in [1.82, 2.24) is 20.0 Å². The van der Waals surface area contributed by atoms with Crippen LogP contribution < -0.4 is 5.32 Å². The van der Waals surface area contributed by atoms with Crippen molar-refractivity contribution in [1.29, 1.82) is 0 Å². The lowest BCUT2D eigenvalue weighted by molar-refractivity contribution is -0.137. The Labute approximate surface area is 164 Å². The highest BCUT2D eigenvalue weighted by molar-refractivity contribution is 5.85. The fourth-order valence-electron chi connectivity index (χ4n) is 3.44. The number of carbonyl (C=O) groups excluding carboxylic acids is 2. The second kappa shape index (κ2) is 12.7. The lowest BCUT2D eigenvalue weighted by Crippen LogP contribution is -2.53. The molecule has 2 fully saturated rings. The van der Waals surface area contributed by atoms with Crippen molar-refractivity contribution in [3.63, 3.8) is 0 Å². The van der Waals surface area contributed by atoms with Crippen LogP contribution in [0.1, 0.15) is 32.6 Å². The van der Waals surface area contributed by atoms with Crippen LogP contribution in [0.2, 0.25) is 0 Å². The van der Waals surface area contributed by atoms with Crippen LogP contribution in [0.4, 0.5) is 0 Å². The molecular weight excluding hydrogens is 363 g/mol. The number of likely N-dealkylation sites (tertiary alicyclic amines) is 1. The van der Waals surface area contributed by atoms with Gasteiger partial charge in [0.05, 0.1) is 6.54 Å². The van der Waals surface area contributed by atoms with E-state index in [1.54, 1.807) is 0 Å². The first-order valence-corrected chi connectivity index (χ1v) is 9.05. The maximum Gasteiger partial charge on any atom is 0.236 e. The van der Waals surface area contributed by atoms with Gasteiger partial charge in [-0.3, -0.25) is 14.5 Å². The van der Waals surface area contributed by atoms with Gasteiger partial charge in [-0.25, -0.2) is 0 Å². The van der Waals surface area contributed by atoms with E-state index in [0.717, 1.165) is 52.1 Å². The van der Waals surface area contributed by atoms with Crippen molar-refractivity contribution in [2.75, 3.05) is 59.4 Å². The van der Waals surface area contributed by atoms with Gasteiger partial charge < -0.3 is 15.1 Å². The van der Waals surface area contributed by atoms with Gasteiger partial charge in [0.2, 0.25) is 11.8 Å². The van der Waals surface area contributed by atoms with Gasteiger partial charge in [-0.2, -0.15) is 0 Å². The summed E-state index contributed by atoms with van der Waals surface area (Å²) >= 11 is 0. The molecule has 0 aromatic carbocycles. The predicted molar refractivity (Wildman–Crippen MR) is 106 cm³/mol. The number of carbonyl (C=O) groups is 2. The largest absolute Gasteiger partial charge is 0.342 e. The average Bonchev–Trinajstić information content (AvgIpc) is 2.84. The van der Waals surface area contributed by atoms with E-state index in [-0.39, 0.29) is 42.5 Å². The standard InChI is InChI=1S/C17H32N4O2.2ClH/c1-15(13-18-2)17(23)21-11-9-19(10-12-21)14-16(22)20-7-5-3-4-6-8-20;;/h15,18H,3-14H2,1-2H3;2*1H. The zero-order chi connectivity index (χ0) is 16.7. The van der Waals surface area contributed by atoms with Crippen LogP contribution in [0.3, 0.4) is 0 Å². The molecule has 1 N–H and O–H groups in total. The molecule has 0 aliphatic carbocycles. The highest BCUT2D eigenvalue weighted by atomic mass is 35.5. The van der Waals surface area contributed by atoms with Crippen LogP contribution in [0.15, 0.2) is 0 Å². The molecule has 0 saturated carbocycles. The maximum atomic E-state index is 12.4. The van der Waals surface area contributed by atoms with Crippen molar-refractivity contribution in [2.24, 2.45) is 5.92 Å². The van der Waals surface area contributed by atoms with Gasteiger partial charge in [0, 0.05) is 51.7 Å². The van der Waals surface area contributed by atoms with Crippen molar-refractivity contribution in [3.8, 4) is 0 Å². The number of amides is 2. The van der Waals surface area contributed by atoms with Crippen LogP contribution in [0.5, 0.6) is 0 Å². The van der Waals surface area contributed by atoms with Gasteiger partial charge >= 0.3 is 0 Å². The highest BCUT2D eigenvalue weighted by Gasteiger charge is 2.26. The molecule has 25 heavy (non-hydrogen) atoms. The Balaban J connectivity index is 0.00000288. The molecule has 2 saturated heterocycles. The summed E-state index contributed by atoms with van der Waals surface area (Å²) in [5, 5.41) is 3.06. The molecule has 0 spiro atoms. The summed E-state index contributed by atoms with van der Waals surface area (Å²) in [6, 6.07) is 0. The summed E-state index contributed by atoms with van der Waals surface area (Å²) in [4.78, 5) is 30.9. The van der Waals surface area contributed by atoms with E-state index in [0.29, 0.717) is 13.1 Å². The number of piperazine rings is 1. The Morgan fingerprint density at radius 2 is 1.44 bits per heavy atom. The number of nitrogens with zero attached hydrogens (tertiary/aromatic N) is 3. The van der Waals surface area contributed by atoms with Crippen LogP contribution in [-0.4, -0.2) is 85.9 Å². The maximum absolute atomic E-state index is 12.4. The minimum absolute atomic E-state index is 0. The third kappa shape index (κ3) is 7.69. The molecule has 2 aliphatic rings. The van der Waals surface area contributed by atoms with Crippen LogP contribution in [-0.2, 0) is 9.59 Å². The molecule has 148 valence electrons. The van der Waals surface area contributed by atoms with E-state index in [9.17, 15) is 9.59 Å². The molecule has 2 heterocycles. The monoisotopic (exact) mass is 396 g/mol. The molecule has 1 atom stereocenters. The smallest absolute Gasteiger partial charge is 0.236 e. The van der Waals surface area contributed by atoms with Crippen LogP contribution in [0, 0.1) is 5.92 Å². The fraction of sp³-hybridized carbons (Fsp3) is 0.882. The Kier molecular flexibility index (Phi) is 12.5. The second-order valence-corrected chi connectivity index (χ2v) is 6.86. The first kappa shape index (κ1) is 24.4. The van der Waals surface area contributed by atoms with Gasteiger partial charge in [0.1, 0.15) is 0 Å². The van der Waals surface area contributed by atoms with E-state index in [4.69, 9.17) is 0 Å². The lowest BCUT2D eigenvalue weighted by atomic mass is 10.1. The number of hydrogen-bond acceptors (Lipinski definition) is 4. The summed E-state index contributed by atoms with van der Waals surface area (Å²) in [6.45, 7) is 8.10. The van der Waals surface area contributed by atoms with Crippen molar-refractivity contribution in [2.45, 2.75) is 32.6 Å². The van der Waals surface area contributed by atoms with E-state index >= 15 is 0 Å². The van der Waals surface area contributed by atoms with E-state index in [1.807, 2.05) is 23.8 Å². The Morgan fingerprint density at radius 1 is 0.880 bits per heavy atom. The van der Waals surface area contributed by atoms with Gasteiger partial charge in [-0.1, -0.05) is 19.8 Å². The fourth-order valence-corrected chi connectivity index (χ4v) is 3.44. The van der Waals surface area contributed by atoms with Gasteiger partial charge in [-0.15, -0.1) is 24.8 Å². The molecule has 6 nitrogen and oxygen atoms in total. The minimum Gasteiger partial charge on any atom is -0.342 e. The van der Waals surface area contributed by atoms with Gasteiger partial charge in [-0.05, 0) is 19.9 Å². The lowest BCUT2D eigenvalue weighted by Gasteiger charge is -2.36. The summed E-state index contributed by atoms with van der Waals surface area (Å²) in [5.41, 5.74) is 0. The quantitative estimate of drug-likeness (QED) is 0.759. The molecule has 2 amide bonds. The van der Waals surface area contributed by atoms with Crippen molar-refractivity contribution < 1.29 is 9.59 Å². The van der Waals surface area contributed by atoms with E-state index < -0.39 is 0 Å². The first-order chi connectivity index (χ1) is 11.1. The summed E-state index contributed by atoms with van der Waals surface area (Å²) in [6.07, 6.45) is 4.76. The molecule has 0 radical (unpaired) electrons. The summed E-state index contributed by atoms with van der Waals surface area (Å²) < 4.78 is 0. The first-order valence-electron chi connectivity index (χ1n) is 9.05. The zero-order valence-electron chi connectivity index (χ0n) is 15.5. The molecule has 0 aromatic heterocycles. The Bertz CT molecular complexity index is 396. The van der Waals surface area contributed by atoms with Crippen LogP contribution >= 0.6 is 24.8 Å². The molecule has 0 bridgehead atoms. The molecule has 0 aromatic rings. The third-order valence-electron chi connectivity index (χ3n) is 4.93. The van der Waals surface area contributed by atoms with Crippen molar-refractivity contribution >= 4 is 36.6 Å². The van der Waals surface area contributed by atoms with Gasteiger partial charge in [0.25, 0.3) is 0 Å². The molecule has 2 rings (SSSR count). The summed E-state index contributed by atoms with van der Waals surface area (Å²) in [7, 11) is 1.87. The topological polar surface area (TPSA) is 55.9 Å². The third-order valence-corrected chi connectivity index (χ3v) is 4.93. The molecular formula is C17H34Cl2N4O2. The van der Waals surface area contributed by atoms with E-state index in [1.165, 1.54) is 12.8 Å².